The van der Waals surface area contributed by atoms with Gasteiger partial charge in [0.25, 0.3) is 0 Å². The van der Waals surface area contributed by atoms with Crippen molar-refractivity contribution in [1.82, 2.24) is 4.90 Å². The van der Waals surface area contributed by atoms with Crippen molar-refractivity contribution in [1.29, 1.82) is 5.26 Å². The van der Waals surface area contributed by atoms with Crippen molar-refractivity contribution >= 4 is 6.09 Å². The average Bonchev–Trinajstić information content (AvgIpc) is 2.39. The molecule has 1 aromatic carbocycles. The predicted molar refractivity (Wildman–Crippen MR) is 64.2 cm³/mol. The molecule has 0 aliphatic carbocycles. The van der Waals surface area contributed by atoms with Gasteiger partial charge in [-0.05, 0) is 24.1 Å². The lowest BCUT2D eigenvalue weighted by Gasteiger charge is -2.33. The zero-order valence-corrected chi connectivity index (χ0v) is 9.87. The third kappa shape index (κ3) is 2.79. The molecule has 1 N–H and O–H groups in total. The van der Waals surface area contributed by atoms with E-state index in [-0.39, 0.29) is 6.04 Å². The highest BCUT2D eigenvalue weighted by Gasteiger charge is 2.26. The molecule has 0 saturated carbocycles. The first kappa shape index (κ1) is 12.4. The second kappa shape index (κ2) is 5.52. The molecule has 1 aliphatic rings. The molecule has 2 rings (SSSR count). The zero-order chi connectivity index (χ0) is 13.0. The molecule has 1 aliphatic heterocycles. The summed E-state index contributed by atoms with van der Waals surface area (Å²) in [6.45, 7) is 1.25. The van der Waals surface area contributed by atoms with Crippen molar-refractivity contribution in [2.45, 2.75) is 12.5 Å². The summed E-state index contributed by atoms with van der Waals surface area (Å²) in [7, 11) is 0. The average molecular weight is 246 g/mol. The molecule has 0 unspecified atom stereocenters. The second-order valence-electron chi connectivity index (χ2n) is 4.22. The highest BCUT2D eigenvalue weighted by molar-refractivity contribution is 5.65. The predicted octanol–water partition coefficient (Wildman–Crippen LogP) is 1.48. The smallest absolute Gasteiger partial charge is 0.407 e. The number of morpholine rings is 1. The van der Waals surface area contributed by atoms with Crippen LogP contribution in [0.25, 0.3) is 0 Å². The summed E-state index contributed by atoms with van der Waals surface area (Å²) in [6, 6.07) is 9.13. The van der Waals surface area contributed by atoms with Gasteiger partial charge in [-0.3, -0.25) is 0 Å². The van der Waals surface area contributed by atoms with Gasteiger partial charge in [0.1, 0.15) is 0 Å². The molecular formula is C13H14N2O3. The number of rotatable bonds is 2. The third-order valence-electron chi connectivity index (χ3n) is 3.00. The highest BCUT2D eigenvalue weighted by atomic mass is 16.5. The Hall–Kier alpha value is -2.06. The maximum atomic E-state index is 11.1. The van der Waals surface area contributed by atoms with Gasteiger partial charge >= 0.3 is 6.09 Å². The summed E-state index contributed by atoms with van der Waals surface area (Å²) in [5, 5.41) is 17.9. The molecule has 1 fully saturated rings. The summed E-state index contributed by atoms with van der Waals surface area (Å²) in [5.74, 6) is 0. The quantitative estimate of drug-likeness (QED) is 0.857. The fourth-order valence-electron chi connectivity index (χ4n) is 2.12. The minimum absolute atomic E-state index is 0.176. The van der Waals surface area contributed by atoms with E-state index in [1.54, 1.807) is 12.1 Å². The largest absolute Gasteiger partial charge is 0.465 e. The van der Waals surface area contributed by atoms with Gasteiger partial charge in [-0.15, -0.1) is 0 Å². The van der Waals surface area contributed by atoms with Gasteiger partial charge in [0, 0.05) is 6.54 Å². The first-order valence-electron chi connectivity index (χ1n) is 5.77. The molecule has 1 aromatic rings. The number of benzene rings is 1. The number of amides is 1. The minimum atomic E-state index is -0.917. The van der Waals surface area contributed by atoms with Crippen LogP contribution in [0.15, 0.2) is 24.3 Å². The van der Waals surface area contributed by atoms with E-state index in [0.717, 1.165) is 5.56 Å². The zero-order valence-electron chi connectivity index (χ0n) is 9.87. The van der Waals surface area contributed by atoms with Gasteiger partial charge < -0.3 is 14.7 Å². The SMILES string of the molecule is N#Cc1cccc(C[C@@H]2COCCN2C(=O)O)c1. The first-order valence-corrected chi connectivity index (χ1v) is 5.77. The molecular weight excluding hydrogens is 232 g/mol. The molecule has 5 nitrogen and oxygen atoms in total. The number of nitrogens with zero attached hydrogens (tertiary/aromatic N) is 2. The summed E-state index contributed by atoms with van der Waals surface area (Å²) in [6.07, 6.45) is -0.346. The van der Waals surface area contributed by atoms with Crippen LogP contribution in [0, 0.1) is 11.3 Å². The topological polar surface area (TPSA) is 73.6 Å². The molecule has 0 aromatic heterocycles. The van der Waals surface area contributed by atoms with E-state index >= 15 is 0 Å². The molecule has 1 amide bonds. The number of carbonyl (C=O) groups is 1. The van der Waals surface area contributed by atoms with E-state index in [1.807, 2.05) is 12.1 Å². The Labute approximate surface area is 105 Å². The van der Waals surface area contributed by atoms with Gasteiger partial charge in [0.05, 0.1) is 30.9 Å². The maximum Gasteiger partial charge on any atom is 0.407 e. The number of hydrogen-bond donors (Lipinski definition) is 1. The molecule has 1 atom stereocenters. The lowest BCUT2D eigenvalue weighted by molar-refractivity contribution is 0.000286. The fraction of sp³-hybridized carbons (Fsp3) is 0.385. The van der Waals surface area contributed by atoms with Gasteiger partial charge in [0.2, 0.25) is 0 Å². The summed E-state index contributed by atoms with van der Waals surface area (Å²) in [4.78, 5) is 12.5. The van der Waals surface area contributed by atoms with Gasteiger partial charge in [-0.1, -0.05) is 12.1 Å². The van der Waals surface area contributed by atoms with E-state index in [9.17, 15) is 4.79 Å². The normalized spacial score (nSPS) is 19.3. The standard InChI is InChI=1S/C13H14N2O3/c14-8-11-3-1-2-10(6-11)7-12-9-18-5-4-15(12)13(16)17/h1-3,6,12H,4-5,7,9H2,(H,16,17)/t12-/m1/s1. The molecule has 1 saturated heterocycles. The molecule has 18 heavy (non-hydrogen) atoms. The third-order valence-corrected chi connectivity index (χ3v) is 3.00. The van der Waals surface area contributed by atoms with Crippen molar-refractivity contribution in [3.8, 4) is 6.07 Å². The Morgan fingerprint density at radius 3 is 3.17 bits per heavy atom. The second-order valence-corrected chi connectivity index (χ2v) is 4.22. The van der Waals surface area contributed by atoms with E-state index in [4.69, 9.17) is 15.1 Å². The van der Waals surface area contributed by atoms with Crippen LogP contribution in [-0.2, 0) is 11.2 Å². The Kier molecular flexibility index (Phi) is 3.80. The number of carboxylic acid groups (broad SMARTS) is 1. The molecule has 0 radical (unpaired) electrons. The van der Waals surface area contributed by atoms with Crippen molar-refractivity contribution in [3.05, 3.63) is 35.4 Å². The Bertz CT molecular complexity index is 481. The number of nitriles is 1. The maximum absolute atomic E-state index is 11.1. The molecule has 0 spiro atoms. The van der Waals surface area contributed by atoms with Gasteiger partial charge in [-0.25, -0.2) is 4.79 Å². The monoisotopic (exact) mass is 246 g/mol. The van der Waals surface area contributed by atoms with E-state index in [2.05, 4.69) is 6.07 Å². The molecule has 1 heterocycles. The van der Waals surface area contributed by atoms with E-state index in [0.29, 0.717) is 31.7 Å². The van der Waals surface area contributed by atoms with Crippen LogP contribution in [-0.4, -0.2) is 41.9 Å². The minimum Gasteiger partial charge on any atom is -0.465 e. The van der Waals surface area contributed by atoms with Crippen LogP contribution >= 0.6 is 0 Å². The van der Waals surface area contributed by atoms with Crippen LogP contribution in [0.4, 0.5) is 4.79 Å². The van der Waals surface area contributed by atoms with Crippen molar-refractivity contribution in [2.75, 3.05) is 19.8 Å². The van der Waals surface area contributed by atoms with Crippen LogP contribution in [0.3, 0.4) is 0 Å². The van der Waals surface area contributed by atoms with Gasteiger partial charge in [0.15, 0.2) is 0 Å². The summed E-state index contributed by atoms with van der Waals surface area (Å²) >= 11 is 0. The highest BCUT2D eigenvalue weighted by Crippen LogP contribution is 2.14. The van der Waals surface area contributed by atoms with Crippen molar-refractivity contribution in [3.63, 3.8) is 0 Å². The van der Waals surface area contributed by atoms with Crippen molar-refractivity contribution in [2.24, 2.45) is 0 Å². The van der Waals surface area contributed by atoms with Gasteiger partial charge in [-0.2, -0.15) is 5.26 Å². The van der Waals surface area contributed by atoms with E-state index < -0.39 is 6.09 Å². The van der Waals surface area contributed by atoms with Crippen LogP contribution in [0.2, 0.25) is 0 Å². The Morgan fingerprint density at radius 1 is 1.61 bits per heavy atom. The fourth-order valence-corrected chi connectivity index (χ4v) is 2.12. The van der Waals surface area contributed by atoms with Crippen LogP contribution in [0.5, 0.6) is 0 Å². The van der Waals surface area contributed by atoms with E-state index in [1.165, 1.54) is 4.90 Å². The van der Waals surface area contributed by atoms with Crippen LogP contribution in [0.1, 0.15) is 11.1 Å². The van der Waals surface area contributed by atoms with Crippen molar-refractivity contribution < 1.29 is 14.6 Å². The molecule has 0 bridgehead atoms. The lowest BCUT2D eigenvalue weighted by atomic mass is 10.0. The lowest BCUT2D eigenvalue weighted by Crippen LogP contribution is -2.49. The Morgan fingerprint density at radius 2 is 2.44 bits per heavy atom. The summed E-state index contributed by atoms with van der Waals surface area (Å²) in [5.41, 5.74) is 1.54. The molecule has 5 heteroatoms. The summed E-state index contributed by atoms with van der Waals surface area (Å²) < 4.78 is 5.32. The Balaban J connectivity index is 2.11. The first-order chi connectivity index (χ1) is 8.70. The van der Waals surface area contributed by atoms with Crippen LogP contribution < -0.4 is 0 Å². The number of ether oxygens (including phenoxy) is 1. The number of hydrogen-bond acceptors (Lipinski definition) is 3. The molecule has 94 valence electrons.